The van der Waals surface area contributed by atoms with Gasteiger partial charge in [-0.3, -0.25) is 9.69 Å². The van der Waals surface area contributed by atoms with Crippen molar-refractivity contribution >= 4 is 18.0 Å². The number of rotatable bonds is 18. The van der Waals surface area contributed by atoms with Gasteiger partial charge in [0.25, 0.3) is 0 Å². The molecule has 0 unspecified atom stereocenters. The number of carbonyl (C=O) groups is 3. The monoisotopic (exact) mass is 686 g/mol. The molecule has 9 heteroatoms. The zero-order valence-corrected chi connectivity index (χ0v) is 28.4. The van der Waals surface area contributed by atoms with Gasteiger partial charge in [0.1, 0.15) is 32.5 Å². The summed E-state index contributed by atoms with van der Waals surface area (Å²) in [5, 5.41) is 0. The van der Waals surface area contributed by atoms with Crippen LogP contribution in [0.15, 0.2) is 140 Å². The normalized spacial score (nSPS) is 11.2. The van der Waals surface area contributed by atoms with Crippen molar-refractivity contribution in [2.45, 2.75) is 51.7 Å². The number of nitrogens with two attached hydrogens (primary N) is 1. The number of nitrogens with zero attached hydrogens (tertiary/aromatic N) is 1. The van der Waals surface area contributed by atoms with Crippen LogP contribution in [0, 0.1) is 0 Å². The highest BCUT2D eigenvalue weighted by molar-refractivity contribution is 5.82. The Hall–Kier alpha value is -6.09. The second kappa shape index (κ2) is 19.2. The zero-order chi connectivity index (χ0) is 35.7. The van der Waals surface area contributed by atoms with Crippen LogP contribution >= 0.6 is 0 Å². The summed E-state index contributed by atoms with van der Waals surface area (Å²) in [6, 6.07) is 42.6. The molecule has 2 amide bonds. The Bertz CT molecular complexity index is 1820. The summed E-state index contributed by atoms with van der Waals surface area (Å²) in [4.78, 5) is 40.5. The quantitative estimate of drug-likeness (QED) is 0.0955. The largest absolute Gasteiger partial charge is 0.485 e. The molecule has 262 valence electrons. The molecule has 0 spiro atoms. The van der Waals surface area contributed by atoms with Crippen molar-refractivity contribution in [1.29, 1.82) is 0 Å². The maximum Gasteiger partial charge on any atom is 0.410 e. The Morgan fingerprint density at radius 1 is 0.549 bits per heavy atom. The van der Waals surface area contributed by atoms with Crippen molar-refractivity contribution in [2.24, 2.45) is 5.73 Å². The molecule has 9 nitrogen and oxygen atoms in total. The summed E-state index contributed by atoms with van der Waals surface area (Å²) >= 11 is 0. The topological polar surface area (TPSA) is 117 Å². The van der Waals surface area contributed by atoms with Gasteiger partial charge < -0.3 is 24.7 Å². The van der Waals surface area contributed by atoms with Gasteiger partial charge in [0.2, 0.25) is 5.91 Å². The van der Waals surface area contributed by atoms with E-state index in [4.69, 9.17) is 24.7 Å². The first-order chi connectivity index (χ1) is 24.9. The molecule has 5 rings (SSSR count). The minimum absolute atomic E-state index is 0.00268. The third kappa shape index (κ3) is 11.8. The van der Waals surface area contributed by atoms with E-state index in [0.29, 0.717) is 31.1 Å². The van der Waals surface area contributed by atoms with Gasteiger partial charge in [0, 0.05) is 13.0 Å². The molecule has 0 saturated heterocycles. The zero-order valence-electron chi connectivity index (χ0n) is 28.4. The Labute approximate surface area is 298 Å². The number of carbonyl (C=O) groups excluding carboxylic acids is 3. The maximum absolute atomic E-state index is 13.7. The van der Waals surface area contributed by atoms with E-state index in [1.807, 2.05) is 140 Å². The molecule has 5 aromatic rings. The molecular weight excluding hydrogens is 644 g/mol. The lowest BCUT2D eigenvalue weighted by Crippen LogP contribution is -2.47. The van der Waals surface area contributed by atoms with E-state index in [1.165, 1.54) is 4.90 Å². The second-order valence-electron chi connectivity index (χ2n) is 11.9. The Balaban J connectivity index is 1.37. The lowest BCUT2D eigenvalue weighted by Gasteiger charge is -2.29. The Morgan fingerprint density at radius 2 is 1.02 bits per heavy atom. The fourth-order valence-electron chi connectivity index (χ4n) is 5.34. The predicted octanol–water partition coefficient (Wildman–Crippen LogP) is 7.40. The number of hydrogen-bond donors (Lipinski definition) is 1. The number of esters is 1. The molecule has 0 bridgehead atoms. The molecule has 0 aliphatic heterocycles. The molecule has 0 fully saturated rings. The average Bonchev–Trinajstić information content (AvgIpc) is 3.17. The van der Waals surface area contributed by atoms with Crippen molar-refractivity contribution in [3.63, 3.8) is 0 Å². The molecule has 1 atom stereocenters. The highest BCUT2D eigenvalue weighted by Gasteiger charge is 2.32. The number of benzene rings is 5. The van der Waals surface area contributed by atoms with Gasteiger partial charge in [0.05, 0.1) is 0 Å². The molecule has 0 aliphatic rings. The third-order valence-electron chi connectivity index (χ3n) is 8.10. The number of amides is 2. The molecule has 51 heavy (non-hydrogen) atoms. The van der Waals surface area contributed by atoms with Crippen LogP contribution in [-0.4, -0.2) is 35.5 Å². The van der Waals surface area contributed by atoms with Crippen LogP contribution in [0.25, 0.3) is 0 Å². The number of hydrogen-bond acceptors (Lipinski definition) is 7. The van der Waals surface area contributed by atoms with Crippen LogP contribution in [0.5, 0.6) is 11.5 Å². The first-order valence-electron chi connectivity index (χ1n) is 16.9. The highest BCUT2D eigenvalue weighted by Crippen LogP contribution is 2.31. The SMILES string of the molecule is NC(=O)CC[C@@H](C(=O)OCc1ccccc1)N(CCc1ccc(OCc2ccccc2)c(OCc2ccccc2)c1)C(=O)OCc1ccccc1. The average molecular weight is 687 g/mol. The van der Waals surface area contributed by atoms with E-state index in [2.05, 4.69) is 0 Å². The summed E-state index contributed by atoms with van der Waals surface area (Å²) in [5.74, 6) is -0.146. The molecule has 0 aromatic heterocycles. The van der Waals surface area contributed by atoms with Crippen LogP contribution < -0.4 is 15.2 Å². The molecular formula is C42H42N2O7. The number of primary amides is 1. The first kappa shape index (κ1) is 36.2. The van der Waals surface area contributed by atoms with Crippen LogP contribution in [0.3, 0.4) is 0 Å². The molecule has 2 N–H and O–H groups in total. The van der Waals surface area contributed by atoms with Crippen LogP contribution in [0.1, 0.15) is 40.7 Å². The van der Waals surface area contributed by atoms with Gasteiger partial charge in [-0.25, -0.2) is 9.59 Å². The fourth-order valence-corrected chi connectivity index (χ4v) is 5.34. The Morgan fingerprint density at radius 3 is 1.53 bits per heavy atom. The van der Waals surface area contributed by atoms with Gasteiger partial charge in [-0.1, -0.05) is 127 Å². The summed E-state index contributed by atoms with van der Waals surface area (Å²) in [7, 11) is 0. The van der Waals surface area contributed by atoms with E-state index in [1.54, 1.807) is 0 Å². The predicted molar refractivity (Wildman–Crippen MR) is 193 cm³/mol. The van der Waals surface area contributed by atoms with E-state index in [0.717, 1.165) is 27.8 Å². The number of ether oxygens (including phenoxy) is 4. The van der Waals surface area contributed by atoms with Crippen molar-refractivity contribution < 1.29 is 33.3 Å². The van der Waals surface area contributed by atoms with Crippen LogP contribution in [0.4, 0.5) is 4.79 Å². The lowest BCUT2D eigenvalue weighted by atomic mass is 10.1. The summed E-state index contributed by atoms with van der Waals surface area (Å²) in [6.45, 7) is 0.774. The van der Waals surface area contributed by atoms with Crippen molar-refractivity contribution in [3.8, 4) is 11.5 Å². The minimum Gasteiger partial charge on any atom is -0.485 e. The van der Waals surface area contributed by atoms with Crippen molar-refractivity contribution in [3.05, 3.63) is 167 Å². The standard InChI is InChI=1S/C42H42N2O7/c43-40(45)24-22-37(41(46)50-30-35-17-9-3-10-18-35)44(42(47)51-31-36-19-11-4-12-20-36)26-25-32-21-23-38(48-28-33-13-5-1-6-14-33)39(27-32)49-29-34-15-7-2-8-16-34/h1-21,23,27,37H,22,24-26,28-31H2,(H2,43,45)/t37-/m0/s1. The first-order valence-corrected chi connectivity index (χ1v) is 16.9. The summed E-state index contributed by atoms with van der Waals surface area (Å²) in [5.41, 5.74) is 9.91. The highest BCUT2D eigenvalue weighted by atomic mass is 16.6. The Kier molecular flexibility index (Phi) is 13.6. The van der Waals surface area contributed by atoms with Gasteiger partial charge >= 0.3 is 12.1 Å². The van der Waals surface area contributed by atoms with Gasteiger partial charge in [-0.05, 0) is 52.8 Å². The molecule has 0 saturated carbocycles. The van der Waals surface area contributed by atoms with E-state index < -0.39 is 24.0 Å². The fraction of sp³-hybridized carbons (Fsp3) is 0.214. The van der Waals surface area contributed by atoms with Gasteiger partial charge in [-0.15, -0.1) is 0 Å². The second-order valence-corrected chi connectivity index (χ2v) is 11.9. The molecule has 5 aromatic carbocycles. The van der Waals surface area contributed by atoms with Crippen molar-refractivity contribution in [1.82, 2.24) is 4.90 Å². The van der Waals surface area contributed by atoms with E-state index in [-0.39, 0.29) is 32.6 Å². The third-order valence-corrected chi connectivity index (χ3v) is 8.10. The lowest BCUT2D eigenvalue weighted by molar-refractivity contribution is -0.151. The summed E-state index contributed by atoms with van der Waals surface area (Å²) in [6.07, 6.45) is -0.534. The van der Waals surface area contributed by atoms with Crippen LogP contribution in [0.2, 0.25) is 0 Å². The smallest absolute Gasteiger partial charge is 0.410 e. The van der Waals surface area contributed by atoms with Gasteiger partial charge in [-0.2, -0.15) is 0 Å². The maximum atomic E-state index is 13.7. The van der Waals surface area contributed by atoms with Crippen molar-refractivity contribution in [2.75, 3.05) is 6.54 Å². The van der Waals surface area contributed by atoms with Crippen LogP contribution in [-0.2, 0) is 51.9 Å². The molecule has 0 heterocycles. The summed E-state index contributed by atoms with van der Waals surface area (Å²) < 4.78 is 23.8. The van der Waals surface area contributed by atoms with Gasteiger partial charge in [0.15, 0.2) is 11.5 Å². The molecule has 0 aliphatic carbocycles. The van der Waals surface area contributed by atoms with E-state index >= 15 is 0 Å². The minimum atomic E-state index is -1.12. The van der Waals surface area contributed by atoms with E-state index in [9.17, 15) is 14.4 Å². The molecule has 0 radical (unpaired) electrons.